The molecule has 3 rings (SSSR count). The quantitative estimate of drug-likeness (QED) is 0.547. The molecule has 0 bridgehead atoms. The summed E-state index contributed by atoms with van der Waals surface area (Å²) in [6, 6.07) is 17.6. The normalized spacial score (nSPS) is 10.7. The molecule has 3 aromatic rings. The number of benzene rings is 2. The van der Waals surface area contributed by atoms with Gasteiger partial charge in [-0.15, -0.1) is 0 Å². The van der Waals surface area contributed by atoms with Crippen molar-refractivity contribution in [3.63, 3.8) is 0 Å². The molecular formula is C20H23N5O. The van der Waals surface area contributed by atoms with Gasteiger partial charge in [0.15, 0.2) is 0 Å². The van der Waals surface area contributed by atoms with Crippen LogP contribution in [0.15, 0.2) is 59.4 Å². The van der Waals surface area contributed by atoms with Crippen LogP contribution in [0.1, 0.15) is 30.8 Å². The summed E-state index contributed by atoms with van der Waals surface area (Å²) in [7, 11) is 0. The molecule has 26 heavy (non-hydrogen) atoms. The maximum atomic E-state index is 12.8. The van der Waals surface area contributed by atoms with E-state index in [1.54, 1.807) is 4.57 Å². The van der Waals surface area contributed by atoms with Crippen molar-refractivity contribution >= 4 is 5.95 Å². The number of hydrazine groups is 1. The Hall–Kier alpha value is -2.99. The highest BCUT2D eigenvalue weighted by Crippen LogP contribution is 2.16. The fraction of sp³-hybridized carbons (Fsp3) is 0.250. The van der Waals surface area contributed by atoms with Gasteiger partial charge >= 0.3 is 5.69 Å². The molecule has 0 fully saturated rings. The Labute approximate surface area is 152 Å². The van der Waals surface area contributed by atoms with Crippen molar-refractivity contribution in [2.45, 2.75) is 33.2 Å². The monoisotopic (exact) mass is 349 g/mol. The molecule has 0 saturated carbocycles. The van der Waals surface area contributed by atoms with E-state index in [9.17, 15) is 4.79 Å². The van der Waals surface area contributed by atoms with E-state index in [0.29, 0.717) is 18.8 Å². The summed E-state index contributed by atoms with van der Waals surface area (Å²) >= 11 is 0. The second kappa shape index (κ2) is 7.93. The lowest BCUT2D eigenvalue weighted by Gasteiger charge is -2.19. The molecule has 134 valence electrons. The molecule has 2 N–H and O–H groups in total. The number of nitrogens with zero attached hydrogens (tertiary/aromatic N) is 4. The van der Waals surface area contributed by atoms with Crippen molar-refractivity contribution in [3.05, 3.63) is 82.0 Å². The van der Waals surface area contributed by atoms with Crippen molar-refractivity contribution in [3.8, 4) is 5.69 Å². The molecule has 0 amide bonds. The first-order valence-electron chi connectivity index (χ1n) is 8.78. The molecule has 0 aliphatic rings. The summed E-state index contributed by atoms with van der Waals surface area (Å²) in [5.74, 6) is 7.00. The third-order valence-corrected chi connectivity index (χ3v) is 4.26. The van der Waals surface area contributed by atoms with Gasteiger partial charge in [0.1, 0.15) is 5.82 Å². The van der Waals surface area contributed by atoms with Crippen molar-refractivity contribution in [1.82, 2.24) is 14.5 Å². The Morgan fingerprint density at radius 3 is 2.35 bits per heavy atom. The van der Waals surface area contributed by atoms with Gasteiger partial charge in [-0.2, -0.15) is 9.97 Å². The van der Waals surface area contributed by atoms with Gasteiger partial charge in [0, 0.05) is 6.42 Å². The van der Waals surface area contributed by atoms with E-state index in [0.717, 1.165) is 23.2 Å². The van der Waals surface area contributed by atoms with Crippen molar-refractivity contribution < 1.29 is 0 Å². The molecule has 0 aliphatic heterocycles. The Kier molecular flexibility index (Phi) is 5.43. The summed E-state index contributed by atoms with van der Waals surface area (Å²) < 4.78 is 1.58. The van der Waals surface area contributed by atoms with E-state index in [1.165, 1.54) is 5.01 Å². The topological polar surface area (TPSA) is 77.0 Å². The number of aromatic nitrogens is 3. The molecule has 0 saturated heterocycles. The minimum Gasteiger partial charge on any atom is -0.274 e. The molecule has 1 aromatic heterocycles. The standard InChI is InChI=1S/C20H23N5O/c1-3-16-12-8-9-13-17(16)25-18(4-2)22-19(23-20(25)26)24(21)14-15-10-6-5-7-11-15/h5-13H,3-4,14,21H2,1-2H3. The first kappa shape index (κ1) is 17.8. The van der Waals surface area contributed by atoms with Crippen LogP contribution in [0.3, 0.4) is 0 Å². The van der Waals surface area contributed by atoms with Gasteiger partial charge in [0.2, 0.25) is 5.95 Å². The highest BCUT2D eigenvalue weighted by Gasteiger charge is 2.15. The maximum Gasteiger partial charge on any atom is 0.356 e. The molecule has 1 heterocycles. The Morgan fingerprint density at radius 2 is 1.65 bits per heavy atom. The predicted molar refractivity (Wildman–Crippen MR) is 103 cm³/mol. The SMILES string of the molecule is CCc1ccccc1-n1c(CC)nc(N(N)Cc2ccccc2)nc1=O. The van der Waals surface area contributed by atoms with Crippen LogP contribution in [0.25, 0.3) is 5.69 Å². The average molecular weight is 349 g/mol. The van der Waals surface area contributed by atoms with E-state index >= 15 is 0 Å². The molecule has 6 heteroatoms. The average Bonchev–Trinajstić information content (AvgIpc) is 2.68. The van der Waals surface area contributed by atoms with Crippen LogP contribution < -0.4 is 16.5 Å². The van der Waals surface area contributed by atoms with Gasteiger partial charge in [-0.05, 0) is 23.6 Å². The van der Waals surface area contributed by atoms with Crippen molar-refractivity contribution in [2.75, 3.05) is 5.01 Å². The highest BCUT2D eigenvalue weighted by molar-refractivity contribution is 5.42. The van der Waals surface area contributed by atoms with Crippen LogP contribution in [0.2, 0.25) is 0 Å². The molecule has 0 aliphatic carbocycles. The molecule has 0 unspecified atom stereocenters. The minimum atomic E-state index is -0.365. The number of anilines is 1. The maximum absolute atomic E-state index is 12.8. The number of hydrogen-bond donors (Lipinski definition) is 1. The number of rotatable bonds is 6. The predicted octanol–water partition coefficient (Wildman–Crippen LogP) is 2.63. The lowest BCUT2D eigenvalue weighted by atomic mass is 10.1. The number of nitrogens with two attached hydrogens (primary N) is 1. The second-order valence-electron chi connectivity index (χ2n) is 6.01. The second-order valence-corrected chi connectivity index (χ2v) is 6.01. The Bertz CT molecular complexity index is 936. The van der Waals surface area contributed by atoms with E-state index in [-0.39, 0.29) is 11.6 Å². The highest BCUT2D eigenvalue weighted by atomic mass is 16.1. The molecule has 0 spiro atoms. The summed E-state index contributed by atoms with van der Waals surface area (Å²) in [5, 5.41) is 1.41. The van der Waals surface area contributed by atoms with E-state index in [2.05, 4.69) is 16.9 Å². The van der Waals surface area contributed by atoms with Gasteiger partial charge in [0.25, 0.3) is 0 Å². The summed E-state index contributed by atoms with van der Waals surface area (Å²) in [4.78, 5) is 21.5. The summed E-state index contributed by atoms with van der Waals surface area (Å²) in [5.41, 5.74) is 2.57. The third kappa shape index (κ3) is 3.65. The first-order valence-corrected chi connectivity index (χ1v) is 8.78. The van der Waals surface area contributed by atoms with Crippen LogP contribution in [-0.2, 0) is 19.4 Å². The zero-order valence-electron chi connectivity index (χ0n) is 15.1. The van der Waals surface area contributed by atoms with Gasteiger partial charge in [0.05, 0.1) is 12.2 Å². The fourth-order valence-electron chi connectivity index (χ4n) is 2.92. The number of para-hydroxylation sites is 1. The Balaban J connectivity index is 2.01. The van der Waals surface area contributed by atoms with Crippen LogP contribution in [0, 0.1) is 0 Å². The molecular weight excluding hydrogens is 326 g/mol. The van der Waals surface area contributed by atoms with E-state index in [1.807, 2.05) is 61.5 Å². The molecule has 2 aromatic carbocycles. The van der Waals surface area contributed by atoms with Crippen molar-refractivity contribution in [2.24, 2.45) is 5.84 Å². The number of hydrogen-bond acceptors (Lipinski definition) is 5. The zero-order valence-corrected chi connectivity index (χ0v) is 15.1. The molecule has 0 atom stereocenters. The lowest BCUT2D eigenvalue weighted by molar-refractivity contribution is 0.719. The minimum absolute atomic E-state index is 0.237. The van der Waals surface area contributed by atoms with Gasteiger partial charge in [-0.1, -0.05) is 62.4 Å². The molecule has 0 radical (unpaired) electrons. The fourth-order valence-corrected chi connectivity index (χ4v) is 2.92. The largest absolute Gasteiger partial charge is 0.356 e. The Morgan fingerprint density at radius 1 is 0.962 bits per heavy atom. The zero-order chi connectivity index (χ0) is 18.5. The van der Waals surface area contributed by atoms with E-state index < -0.39 is 0 Å². The van der Waals surface area contributed by atoms with Gasteiger partial charge in [-0.3, -0.25) is 5.01 Å². The third-order valence-electron chi connectivity index (χ3n) is 4.26. The van der Waals surface area contributed by atoms with Crippen LogP contribution in [-0.4, -0.2) is 14.5 Å². The van der Waals surface area contributed by atoms with E-state index in [4.69, 9.17) is 5.84 Å². The van der Waals surface area contributed by atoms with Crippen LogP contribution in [0.4, 0.5) is 5.95 Å². The van der Waals surface area contributed by atoms with Gasteiger partial charge in [-0.25, -0.2) is 15.2 Å². The van der Waals surface area contributed by atoms with Gasteiger partial charge < -0.3 is 0 Å². The molecule has 6 nitrogen and oxygen atoms in total. The van der Waals surface area contributed by atoms with Crippen molar-refractivity contribution in [1.29, 1.82) is 0 Å². The first-order chi connectivity index (χ1) is 12.6. The van der Waals surface area contributed by atoms with Crippen LogP contribution in [0.5, 0.6) is 0 Å². The van der Waals surface area contributed by atoms with Crippen LogP contribution >= 0.6 is 0 Å². The summed E-state index contributed by atoms with van der Waals surface area (Å²) in [6.07, 6.45) is 1.42. The number of aryl methyl sites for hydroxylation is 2. The lowest BCUT2D eigenvalue weighted by Crippen LogP contribution is -2.36. The summed E-state index contributed by atoms with van der Waals surface area (Å²) in [6.45, 7) is 4.46. The smallest absolute Gasteiger partial charge is 0.274 e.